The number of benzene rings is 1. The van der Waals surface area contributed by atoms with Crippen LogP contribution in [0.15, 0.2) is 58.9 Å². The van der Waals surface area contributed by atoms with Crippen LogP contribution in [0.1, 0.15) is 19.3 Å². The van der Waals surface area contributed by atoms with E-state index in [1.807, 2.05) is 30.3 Å². The molecule has 0 saturated heterocycles. The van der Waals surface area contributed by atoms with E-state index in [2.05, 4.69) is 18.7 Å². The predicted octanol–water partition coefficient (Wildman–Crippen LogP) is 3.66. The molecule has 1 aliphatic carbocycles. The van der Waals surface area contributed by atoms with Crippen LogP contribution in [0.5, 0.6) is 0 Å². The highest BCUT2D eigenvalue weighted by Crippen LogP contribution is 2.28. The SMILES string of the molecule is C=C(C1C=CCCC1)S(=O)c1ccccc1. The summed E-state index contributed by atoms with van der Waals surface area (Å²) in [6.45, 7) is 4.00. The van der Waals surface area contributed by atoms with Gasteiger partial charge in [0.1, 0.15) is 0 Å². The van der Waals surface area contributed by atoms with Crippen LogP contribution in [-0.4, -0.2) is 4.21 Å². The highest BCUT2D eigenvalue weighted by atomic mass is 32.2. The van der Waals surface area contributed by atoms with Gasteiger partial charge in [-0.05, 0) is 31.4 Å². The molecule has 2 atom stereocenters. The van der Waals surface area contributed by atoms with Gasteiger partial charge in [-0.2, -0.15) is 0 Å². The molecule has 16 heavy (non-hydrogen) atoms. The highest BCUT2D eigenvalue weighted by molar-refractivity contribution is 7.89. The topological polar surface area (TPSA) is 17.1 Å². The van der Waals surface area contributed by atoms with Crippen molar-refractivity contribution in [3.8, 4) is 0 Å². The Kier molecular flexibility index (Phi) is 3.73. The van der Waals surface area contributed by atoms with Crippen molar-refractivity contribution in [3.05, 3.63) is 54.0 Å². The lowest BCUT2D eigenvalue weighted by Crippen LogP contribution is -2.08. The minimum Gasteiger partial charge on any atom is -0.249 e. The quantitative estimate of drug-likeness (QED) is 0.727. The standard InChI is InChI=1S/C14H16OS/c1-12(13-8-4-2-5-9-13)16(15)14-10-6-3-7-11-14/h3-4,6-8,10-11,13H,1-2,5,9H2. The third-order valence-corrected chi connectivity index (χ3v) is 4.34. The van der Waals surface area contributed by atoms with Gasteiger partial charge in [0.25, 0.3) is 0 Å². The molecule has 84 valence electrons. The Morgan fingerprint density at radius 3 is 2.69 bits per heavy atom. The molecule has 0 fully saturated rings. The fourth-order valence-electron chi connectivity index (χ4n) is 1.91. The van der Waals surface area contributed by atoms with Gasteiger partial charge in [-0.15, -0.1) is 0 Å². The normalized spacial score (nSPS) is 21.6. The van der Waals surface area contributed by atoms with E-state index in [-0.39, 0.29) is 5.92 Å². The van der Waals surface area contributed by atoms with Crippen LogP contribution in [-0.2, 0) is 10.8 Å². The van der Waals surface area contributed by atoms with E-state index in [1.54, 1.807) is 0 Å². The summed E-state index contributed by atoms with van der Waals surface area (Å²) in [5.41, 5.74) is 0. The predicted molar refractivity (Wildman–Crippen MR) is 68.5 cm³/mol. The molecule has 1 aromatic carbocycles. The number of hydrogen-bond acceptors (Lipinski definition) is 1. The third-order valence-electron chi connectivity index (χ3n) is 2.86. The largest absolute Gasteiger partial charge is 0.249 e. The van der Waals surface area contributed by atoms with Crippen molar-refractivity contribution >= 4 is 10.8 Å². The molecule has 1 nitrogen and oxygen atoms in total. The molecule has 1 aromatic rings. The average molecular weight is 232 g/mol. The summed E-state index contributed by atoms with van der Waals surface area (Å²) in [5.74, 6) is 0.287. The van der Waals surface area contributed by atoms with Crippen molar-refractivity contribution in [3.63, 3.8) is 0 Å². The van der Waals surface area contributed by atoms with Gasteiger partial charge in [0.15, 0.2) is 0 Å². The van der Waals surface area contributed by atoms with E-state index < -0.39 is 10.8 Å². The van der Waals surface area contributed by atoms with Crippen LogP contribution in [0.4, 0.5) is 0 Å². The van der Waals surface area contributed by atoms with Gasteiger partial charge in [0, 0.05) is 15.7 Å². The number of rotatable bonds is 3. The minimum absolute atomic E-state index is 0.287. The monoisotopic (exact) mass is 232 g/mol. The first kappa shape index (κ1) is 11.3. The molecular formula is C14H16OS. The molecule has 1 aliphatic rings. The van der Waals surface area contributed by atoms with E-state index >= 15 is 0 Å². The van der Waals surface area contributed by atoms with Gasteiger partial charge >= 0.3 is 0 Å². The maximum Gasteiger partial charge on any atom is 0.0808 e. The molecule has 0 N–H and O–H groups in total. The zero-order valence-corrected chi connectivity index (χ0v) is 10.1. The van der Waals surface area contributed by atoms with Gasteiger partial charge in [-0.25, -0.2) is 4.21 Å². The van der Waals surface area contributed by atoms with E-state index in [4.69, 9.17) is 0 Å². The third kappa shape index (κ3) is 2.50. The van der Waals surface area contributed by atoms with Crippen molar-refractivity contribution in [2.24, 2.45) is 5.92 Å². The van der Waals surface area contributed by atoms with Crippen LogP contribution >= 0.6 is 0 Å². The summed E-state index contributed by atoms with van der Waals surface area (Å²) in [4.78, 5) is 1.69. The lowest BCUT2D eigenvalue weighted by atomic mass is 9.96. The molecule has 0 heterocycles. The summed E-state index contributed by atoms with van der Waals surface area (Å²) in [5, 5.41) is 0. The van der Waals surface area contributed by atoms with Crippen molar-refractivity contribution in [1.29, 1.82) is 0 Å². The van der Waals surface area contributed by atoms with Gasteiger partial charge in [-0.1, -0.05) is 36.9 Å². The molecular weight excluding hydrogens is 216 g/mol. The maximum absolute atomic E-state index is 12.2. The first-order chi connectivity index (χ1) is 7.79. The molecule has 0 amide bonds. The lowest BCUT2D eigenvalue weighted by molar-refractivity contribution is 0.617. The number of allylic oxidation sites excluding steroid dienone is 3. The first-order valence-corrected chi connectivity index (χ1v) is 6.76. The van der Waals surface area contributed by atoms with Crippen LogP contribution < -0.4 is 0 Å². The Morgan fingerprint density at radius 2 is 2.06 bits per heavy atom. The molecule has 0 spiro atoms. The molecule has 0 bridgehead atoms. The van der Waals surface area contributed by atoms with Gasteiger partial charge in [-0.3, -0.25) is 0 Å². The summed E-state index contributed by atoms with van der Waals surface area (Å²) in [6, 6.07) is 9.56. The zero-order valence-electron chi connectivity index (χ0n) is 9.26. The van der Waals surface area contributed by atoms with Crippen molar-refractivity contribution in [2.75, 3.05) is 0 Å². The minimum atomic E-state index is -1.07. The van der Waals surface area contributed by atoms with E-state index in [9.17, 15) is 4.21 Å². The molecule has 0 aliphatic heterocycles. The smallest absolute Gasteiger partial charge is 0.0808 e. The van der Waals surface area contributed by atoms with Gasteiger partial charge < -0.3 is 0 Å². The summed E-state index contributed by atoms with van der Waals surface area (Å²) in [6.07, 6.45) is 7.70. The Hall–Kier alpha value is -1.15. The van der Waals surface area contributed by atoms with E-state index in [1.165, 1.54) is 6.42 Å². The Morgan fingerprint density at radius 1 is 1.31 bits per heavy atom. The summed E-state index contributed by atoms with van der Waals surface area (Å²) < 4.78 is 12.2. The van der Waals surface area contributed by atoms with Crippen molar-refractivity contribution < 1.29 is 4.21 Å². The van der Waals surface area contributed by atoms with Crippen LogP contribution in [0.25, 0.3) is 0 Å². The fourth-order valence-corrected chi connectivity index (χ4v) is 3.09. The molecule has 2 unspecified atom stereocenters. The van der Waals surface area contributed by atoms with E-state index in [0.29, 0.717) is 0 Å². The summed E-state index contributed by atoms with van der Waals surface area (Å²) in [7, 11) is -1.07. The lowest BCUT2D eigenvalue weighted by Gasteiger charge is -2.18. The van der Waals surface area contributed by atoms with Crippen LogP contribution in [0.2, 0.25) is 0 Å². The first-order valence-electron chi connectivity index (χ1n) is 5.61. The second-order valence-corrected chi connectivity index (χ2v) is 5.55. The fraction of sp³-hybridized carbons (Fsp3) is 0.286. The van der Waals surface area contributed by atoms with Crippen LogP contribution in [0, 0.1) is 5.92 Å². The second-order valence-electron chi connectivity index (χ2n) is 4.01. The van der Waals surface area contributed by atoms with Crippen molar-refractivity contribution in [2.45, 2.75) is 24.2 Å². The van der Waals surface area contributed by atoms with Crippen LogP contribution in [0.3, 0.4) is 0 Å². The highest BCUT2D eigenvalue weighted by Gasteiger charge is 2.17. The van der Waals surface area contributed by atoms with Gasteiger partial charge in [0.05, 0.1) is 10.8 Å². The van der Waals surface area contributed by atoms with Crippen molar-refractivity contribution in [1.82, 2.24) is 0 Å². The molecule has 0 saturated carbocycles. The van der Waals surface area contributed by atoms with Gasteiger partial charge in [0.2, 0.25) is 0 Å². The Bertz CT molecular complexity index is 420. The summed E-state index contributed by atoms with van der Waals surface area (Å²) >= 11 is 0. The zero-order chi connectivity index (χ0) is 11.4. The molecule has 0 radical (unpaired) electrons. The second kappa shape index (κ2) is 5.26. The Balaban J connectivity index is 2.13. The average Bonchev–Trinajstić information content (AvgIpc) is 2.39. The Labute approximate surface area is 99.3 Å². The maximum atomic E-state index is 12.2. The number of hydrogen-bond donors (Lipinski definition) is 0. The van der Waals surface area contributed by atoms with E-state index in [0.717, 1.165) is 22.6 Å². The molecule has 2 rings (SSSR count). The molecule has 2 heteroatoms. The molecule has 0 aromatic heterocycles.